The van der Waals surface area contributed by atoms with Crippen molar-refractivity contribution in [3.63, 3.8) is 0 Å². The Morgan fingerprint density at radius 2 is 1.72 bits per heavy atom. The molecular weight excluding hydrogens is 243 g/mol. The third kappa shape index (κ3) is 3.24. The van der Waals surface area contributed by atoms with Crippen LogP contribution in [0.15, 0.2) is 48.5 Å². The summed E-state index contributed by atoms with van der Waals surface area (Å²) in [5, 5.41) is 0. The van der Waals surface area contributed by atoms with Gasteiger partial charge in [0.1, 0.15) is 6.61 Å². The molecule has 0 saturated carbocycles. The van der Waals surface area contributed by atoms with E-state index in [1.54, 1.807) is 7.11 Å². The minimum atomic E-state index is 0.553. The van der Waals surface area contributed by atoms with Crippen LogP contribution >= 0.6 is 9.24 Å². The van der Waals surface area contributed by atoms with E-state index in [0.717, 1.165) is 23.2 Å². The molecule has 0 aliphatic heterocycles. The van der Waals surface area contributed by atoms with Gasteiger partial charge in [-0.2, -0.15) is 0 Å². The van der Waals surface area contributed by atoms with Crippen molar-refractivity contribution in [2.45, 2.75) is 12.8 Å². The molecule has 0 N–H and O–H groups in total. The fourth-order valence-electron chi connectivity index (χ4n) is 1.70. The Hall–Kier alpha value is -1.53. The molecule has 2 aromatic carbocycles. The summed E-state index contributed by atoms with van der Waals surface area (Å²) < 4.78 is 11.1. The number of rotatable bonds is 5. The average molecular weight is 260 g/mol. The number of methoxy groups -OCH3 is 1. The van der Waals surface area contributed by atoms with Gasteiger partial charge in [0.05, 0.1) is 7.11 Å². The largest absolute Gasteiger partial charge is 0.493 e. The molecule has 2 nitrogen and oxygen atoms in total. The van der Waals surface area contributed by atoms with Crippen molar-refractivity contribution < 1.29 is 9.47 Å². The van der Waals surface area contributed by atoms with Crippen LogP contribution < -0.4 is 9.47 Å². The van der Waals surface area contributed by atoms with Crippen molar-refractivity contribution in [3.05, 3.63) is 59.7 Å². The first-order valence-electron chi connectivity index (χ1n) is 5.87. The first-order valence-corrected chi connectivity index (χ1v) is 6.69. The molecule has 94 valence electrons. The first kappa shape index (κ1) is 12.9. The minimum Gasteiger partial charge on any atom is -0.493 e. The van der Waals surface area contributed by atoms with Crippen LogP contribution in [0.4, 0.5) is 0 Å². The summed E-state index contributed by atoms with van der Waals surface area (Å²) in [6.45, 7) is 0.553. The molecule has 0 aliphatic rings. The molecular formula is C15H17O2P. The van der Waals surface area contributed by atoms with Crippen molar-refractivity contribution in [1.82, 2.24) is 0 Å². The Balaban J connectivity index is 2.12. The van der Waals surface area contributed by atoms with Gasteiger partial charge in [-0.3, -0.25) is 0 Å². The van der Waals surface area contributed by atoms with Crippen LogP contribution in [-0.2, 0) is 12.8 Å². The van der Waals surface area contributed by atoms with E-state index < -0.39 is 0 Å². The van der Waals surface area contributed by atoms with Crippen LogP contribution in [0.3, 0.4) is 0 Å². The van der Waals surface area contributed by atoms with Crippen LogP contribution in [0.25, 0.3) is 0 Å². The average Bonchev–Trinajstić information content (AvgIpc) is 2.45. The molecule has 0 radical (unpaired) electrons. The Morgan fingerprint density at radius 1 is 0.944 bits per heavy atom. The maximum atomic E-state index is 5.82. The second-order valence-corrected chi connectivity index (χ2v) is 4.37. The number of benzene rings is 2. The van der Waals surface area contributed by atoms with Gasteiger partial charge in [-0.15, -0.1) is 9.24 Å². The highest BCUT2D eigenvalue weighted by Crippen LogP contribution is 2.29. The predicted octanol–water partition coefficient (Wildman–Crippen LogP) is 3.65. The molecule has 0 aliphatic carbocycles. The molecule has 0 amide bonds. The van der Waals surface area contributed by atoms with E-state index in [4.69, 9.17) is 9.47 Å². The molecule has 1 unspecified atom stereocenters. The topological polar surface area (TPSA) is 18.5 Å². The van der Waals surface area contributed by atoms with Gasteiger partial charge in [0.2, 0.25) is 0 Å². The molecule has 0 bridgehead atoms. The highest BCUT2D eigenvalue weighted by molar-refractivity contribution is 7.15. The normalized spacial score (nSPS) is 10.1. The van der Waals surface area contributed by atoms with E-state index in [1.807, 2.05) is 48.5 Å². The highest BCUT2D eigenvalue weighted by atomic mass is 31.0. The quantitative estimate of drug-likeness (QED) is 0.764. The summed E-state index contributed by atoms with van der Waals surface area (Å²) in [5.41, 5.74) is 2.36. The Labute approximate surface area is 110 Å². The van der Waals surface area contributed by atoms with E-state index in [9.17, 15) is 0 Å². The van der Waals surface area contributed by atoms with E-state index in [2.05, 4.69) is 9.24 Å². The van der Waals surface area contributed by atoms with Crippen LogP contribution in [0.2, 0.25) is 0 Å². The van der Waals surface area contributed by atoms with Crippen LogP contribution in [0.5, 0.6) is 11.5 Å². The standard InChI is InChI=1S/C15H17O2P/c1-16-14-8-7-13(11-18)9-15(14)17-10-12-5-3-2-4-6-12/h2-9H,10-11,18H2,1H3. The van der Waals surface area contributed by atoms with E-state index in [0.29, 0.717) is 6.61 Å². The fraction of sp³-hybridized carbons (Fsp3) is 0.200. The highest BCUT2D eigenvalue weighted by Gasteiger charge is 2.05. The third-order valence-electron chi connectivity index (χ3n) is 2.70. The zero-order valence-electron chi connectivity index (χ0n) is 10.4. The molecule has 0 heterocycles. The maximum Gasteiger partial charge on any atom is 0.161 e. The lowest BCUT2D eigenvalue weighted by Gasteiger charge is -2.12. The number of hydrogen-bond acceptors (Lipinski definition) is 2. The van der Waals surface area contributed by atoms with Gasteiger partial charge in [-0.25, -0.2) is 0 Å². The molecule has 18 heavy (non-hydrogen) atoms. The van der Waals surface area contributed by atoms with Crippen molar-refractivity contribution in [2.75, 3.05) is 7.11 Å². The summed E-state index contributed by atoms with van der Waals surface area (Å²) >= 11 is 0. The number of ether oxygens (including phenoxy) is 2. The smallest absolute Gasteiger partial charge is 0.161 e. The molecule has 3 heteroatoms. The van der Waals surface area contributed by atoms with Crippen LogP contribution in [-0.4, -0.2) is 7.11 Å². The van der Waals surface area contributed by atoms with Crippen molar-refractivity contribution in [1.29, 1.82) is 0 Å². The van der Waals surface area contributed by atoms with Gasteiger partial charge in [0.25, 0.3) is 0 Å². The molecule has 1 atom stereocenters. The zero-order valence-corrected chi connectivity index (χ0v) is 11.6. The third-order valence-corrected chi connectivity index (χ3v) is 3.17. The van der Waals surface area contributed by atoms with Crippen molar-refractivity contribution in [3.8, 4) is 11.5 Å². The molecule has 0 fully saturated rings. The summed E-state index contributed by atoms with van der Waals surface area (Å²) in [4.78, 5) is 0. The first-order chi connectivity index (χ1) is 8.83. The molecule has 0 aromatic heterocycles. The lowest BCUT2D eigenvalue weighted by Crippen LogP contribution is -1.98. The van der Waals surface area contributed by atoms with Gasteiger partial charge in [-0.1, -0.05) is 36.4 Å². The van der Waals surface area contributed by atoms with Crippen molar-refractivity contribution in [2.24, 2.45) is 0 Å². The second-order valence-electron chi connectivity index (χ2n) is 3.96. The van der Waals surface area contributed by atoms with Crippen molar-refractivity contribution >= 4 is 9.24 Å². The van der Waals surface area contributed by atoms with E-state index >= 15 is 0 Å². The van der Waals surface area contributed by atoms with Gasteiger partial charge in [0, 0.05) is 0 Å². The summed E-state index contributed by atoms with van der Waals surface area (Å²) in [6, 6.07) is 16.1. The molecule has 2 aromatic rings. The minimum absolute atomic E-state index is 0.553. The van der Waals surface area contributed by atoms with Gasteiger partial charge in [-0.05, 0) is 29.4 Å². The molecule has 2 rings (SSSR count). The van der Waals surface area contributed by atoms with E-state index in [-0.39, 0.29) is 0 Å². The van der Waals surface area contributed by atoms with Crippen LogP contribution in [0, 0.1) is 0 Å². The Bertz CT molecular complexity index is 497. The SMILES string of the molecule is COc1ccc(CP)cc1OCc1ccccc1. The predicted molar refractivity (Wildman–Crippen MR) is 77.2 cm³/mol. The maximum absolute atomic E-state index is 5.82. The Kier molecular flexibility index (Phi) is 4.60. The monoisotopic (exact) mass is 260 g/mol. The lowest BCUT2D eigenvalue weighted by molar-refractivity contribution is 0.284. The summed E-state index contributed by atoms with van der Waals surface area (Å²) in [6.07, 6.45) is 0.908. The van der Waals surface area contributed by atoms with Gasteiger partial charge >= 0.3 is 0 Å². The fourth-order valence-corrected chi connectivity index (χ4v) is 1.95. The number of hydrogen-bond donors (Lipinski definition) is 0. The van der Waals surface area contributed by atoms with Crippen LogP contribution in [0.1, 0.15) is 11.1 Å². The zero-order chi connectivity index (χ0) is 12.8. The lowest BCUT2D eigenvalue weighted by atomic mass is 10.2. The van der Waals surface area contributed by atoms with E-state index in [1.165, 1.54) is 5.56 Å². The summed E-state index contributed by atoms with van der Waals surface area (Å²) in [5.74, 6) is 1.56. The van der Waals surface area contributed by atoms with Gasteiger partial charge in [0.15, 0.2) is 11.5 Å². The Morgan fingerprint density at radius 3 is 2.39 bits per heavy atom. The second kappa shape index (κ2) is 6.42. The molecule has 0 spiro atoms. The summed E-state index contributed by atoms with van der Waals surface area (Å²) in [7, 11) is 4.37. The van der Waals surface area contributed by atoms with Gasteiger partial charge < -0.3 is 9.47 Å². The molecule has 0 saturated heterocycles.